The molecule has 0 fully saturated rings. The van der Waals surface area contributed by atoms with Gasteiger partial charge in [-0.2, -0.15) is 12.6 Å². The Morgan fingerprint density at radius 2 is 2.36 bits per heavy atom. The average molecular weight is 211 g/mol. The van der Waals surface area contributed by atoms with Crippen LogP contribution < -0.4 is 10.6 Å². The first kappa shape index (κ1) is 10.8. The molecule has 1 heterocycles. The maximum Gasteiger partial charge on any atom is 0.269 e. The molecule has 76 valence electrons. The summed E-state index contributed by atoms with van der Waals surface area (Å²) in [4.78, 5) is 15.5. The summed E-state index contributed by atoms with van der Waals surface area (Å²) in [5.74, 6) is 1.14. The second kappa shape index (κ2) is 5.49. The Bertz CT molecular complexity index is 317. The highest BCUT2D eigenvalue weighted by atomic mass is 32.1. The fourth-order valence-electron chi connectivity index (χ4n) is 0.960. The number of pyridine rings is 1. The molecular formula is C9H13N3OS. The molecule has 0 saturated heterocycles. The van der Waals surface area contributed by atoms with Gasteiger partial charge in [0, 0.05) is 19.3 Å². The number of amides is 1. The first-order valence-corrected chi connectivity index (χ1v) is 4.95. The minimum atomic E-state index is -0.170. The Balaban J connectivity index is 2.69. The number of carbonyl (C=O) groups is 1. The van der Waals surface area contributed by atoms with Gasteiger partial charge in [-0.3, -0.25) is 4.79 Å². The lowest BCUT2D eigenvalue weighted by atomic mass is 10.3. The molecule has 0 radical (unpaired) electrons. The average Bonchev–Trinajstić information content (AvgIpc) is 2.26. The Kier molecular flexibility index (Phi) is 4.25. The number of thiol groups is 1. The quantitative estimate of drug-likeness (QED) is 0.645. The Morgan fingerprint density at radius 1 is 1.57 bits per heavy atom. The van der Waals surface area contributed by atoms with E-state index in [0.717, 1.165) is 0 Å². The van der Waals surface area contributed by atoms with E-state index >= 15 is 0 Å². The molecule has 0 aliphatic rings. The lowest BCUT2D eigenvalue weighted by Gasteiger charge is -2.04. The molecular weight excluding hydrogens is 198 g/mol. The number of hydrogen-bond acceptors (Lipinski definition) is 4. The van der Waals surface area contributed by atoms with Gasteiger partial charge in [0.05, 0.1) is 0 Å². The summed E-state index contributed by atoms with van der Waals surface area (Å²) in [5.41, 5.74) is 0.415. The normalized spacial score (nSPS) is 9.57. The maximum atomic E-state index is 11.4. The zero-order valence-corrected chi connectivity index (χ0v) is 8.84. The van der Waals surface area contributed by atoms with Crippen LogP contribution in [0.2, 0.25) is 0 Å². The number of rotatable bonds is 4. The van der Waals surface area contributed by atoms with E-state index in [1.54, 1.807) is 25.2 Å². The van der Waals surface area contributed by atoms with E-state index in [9.17, 15) is 4.79 Å². The van der Waals surface area contributed by atoms with Gasteiger partial charge in [0.1, 0.15) is 11.5 Å². The molecule has 0 saturated carbocycles. The molecule has 1 rings (SSSR count). The summed E-state index contributed by atoms with van der Waals surface area (Å²) >= 11 is 4.00. The number of nitrogens with one attached hydrogen (secondary N) is 2. The van der Waals surface area contributed by atoms with Crippen LogP contribution in [-0.4, -0.2) is 30.2 Å². The van der Waals surface area contributed by atoms with Crippen LogP contribution in [0.1, 0.15) is 10.5 Å². The van der Waals surface area contributed by atoms with Crippen molar-refractivity contribution in [3.8, 4) is 0 Å². The van der Waals surface area contributed by atoms with Gasteiger partial charge in [-0.1, -0.05) is 6.07 Å². The predicted octanol–water partition coefficient (Wildman–Crippen LogP) is 0.783. The van der Waals surface area contributed by atoms with Crippen LogP contribution in [0.5, 0.6) is 0 Å². The van der Waals surface area contributed by atoms with Crippen LogP contribution in [0.15, 0.2) is 18.2 Å². The van der Waals surface area contributed by atoms with Crippen LogP contribution in [0.3, 0.4) is 0 Å². The van der Waals surface area contributed by atoms with E-state index in [4.69, 9.17) is 0 Å². The zero-order chi connectivity index (χ0) is 10.4. The third kappa shape index (κ3) is 2.92. The Morgan fingerprint density at radius 3 is 3.00 bits per heavy atom. The molecule has 14 heavy (non-hydrogen) atoms. The van der Waals surface area contributed by atoms with Crippen molar-refractivity contribution in [2.75, 3.05) is 24.7 Å². The number of carbonyl (C=O) groups excluding carboxylic acids is 1. The first-order valence-electron chi connectivity index (χ1n) is 4.32. The molecule has 0 atom stereocenters. The van der Waals surface area contributed by atoms with Crippen molar-refractivity contribution in [1.82, 2.24) is 10.3 Å². The molecule has 0 aliphatic carbocycles. The molecule has 1 aromatic heterocycles. The third-order valence-corrected chi connectivity index (χ3v) is 1.86. The zero-order valence-electron chi connectivity index (χ0n) is 7.95. The van der Waals surface area contributed by atoms with Gasteiger partial charge in [0.2, 0.25) is 0 Å². The summed E-state index contributed by atoms with van der Waals surface area (Å²) in [6.07, 6.45) is 0. The van der Waals surface area contributed by atoms with Crippen LogP contribution in [0, 0.1) is 0 Å². The van der Waals surface area contributed by atoms with Gasteiger partial charge < -0.3 is 10.6 Å². The van der Waals surface area contributed by atoms with Crippen LogP contribution in [0.25, 0.3) is 0 Å². The van der Waals surface area contributed by atoms with Gasteiger partial charge in [-0.25, -0.2) is 4.98 Å². The standard InChI is InChI=1S/C9H13N3OS/c1-10-8-4-2-3-7(12-8)9(13)11-5-6-14/h2-4,14H,5-6H2,1H3,(H,10,12)(H,11,13). The van der Waals surface area contributed by atoms with E-state index < -0.39 is 0 Å². The molecule has 2 N–H and O–H groups in total. The molecule has 0 aliphatic heterocycles. The predicted molar refractivity (Wildman–Crippen MR) is 60.0 cm³/mol. The van der Waals surface area contributed by atoms with Gasteiger partial charge in [0.25, 0.3) is 5.91 Å². The highest BCUT2D eigenvalue weighted by Crippen LogP contribution is 2.03. The molecule has 1 amide bonds. The van der Waals surface area contributed by atoms with Crippen LogP contribution in [-0.2, 0) is 0 Å². The van der Waals surface area contributed by atoms with E-state index in [0.29, 0.717) is 23.8 Å². The topological polar surface area (TPSA) is 54.0 Å². The number of aromatic nitrogens is 1. The minimum Gasteiger partial charge on any atom is -0.373 e. The maximum absolute atomic E-state index is 11.4. The van der Waals surface area contributed by atoms with Crippen LogP contribution in [0.4, 0.5) is 5.82 Å². The number of anilines is 1. The largest absolute Gasteiger partial charge is 0.373 e. The van der Waals surface area contributed by atoms with Gasteiger partial charge >= 0.3 is 0 Å². The summed E-state index contributed by atoms with van der Waals surface area (Å²) in [7, 11) is 1.76. The van der Waals surface area contributed by atoms with Crippen molar-refractivity contribution >= 4 is 24.4 Å². The second-order valence-corrected chi connectivity index (χ2v) is 3.08. The van der Waals surface area contributed by atoms with Crippen molar-refractivity contribution in [2.24, 2.45) is 0 Å². The Labute approximate surface area is 88.5 Å². The number of nitrogens with zero attached hydrogens (tertiary/aromatic N) is 1. The lowest BCUT2D eigenvalue weighted by Crippen LogP contribution is -2.26. The van der Waals surface area contributed by atoms with Crippen molar-refractivity contribution in [3.63, 3.8) is 0 Å². The summed E-state index contributed by atoms with van der Waals surface area (Å²) in [6.45, 7) is 0.549. The third-order valence-electron chi connectivity index (χ3n) is 1.64. The van der Waals surface area contributed by atoms with Crippen LogP contribution >= 0.6 is 12.6 Å². The highest BCUT2D eigenvalue weighted by Gasteiger charge is 2.05. The van der Waals surface area contributed by atoms with Gasteiger partial charge in [0.15, 0.2) is 0 Å². The van der Waals surface area contributed by atoms with E-state index in [1.807, 2.05) is 0 Å². The van der Waals surface area contributed by atoms with E-state index in [2.05, 4.69) is 28.2 Å². The fraction of sp³-hybridized carbons (Fsp3) is 0.333. The highest BCUT2D eigenvalue weighted by molar-refractivity contribution is 7.80. The van der Waals surface area contributed by atoms with Crippen molar-refractivity contribution in [1.29, 1.82) is 0 Å². The summed E-state index contributed by atoms with van der Waals surface area (Å²) < 4.78 is 0. The van der Waals surface area contributed by atoms with Crippen molar-refractivity contribution < 1.29 is 4.79 Å². The molecule has 0 spiro atoms. The SMILES string of the molecule is CNc1cccc(C(=O)NCCS)n1. The van der Waals surface area contributed by atoms with Gasteiger partial charge in [-0.15, -0.1) is 0 Å². The Hall–Kier alpha value is -1.23. The van der Waals surface area contributed by atoms with E-state index in [-0.39, 0.29) is 5.91 Å². The number of hydrogen-bond donors (Lipinski definition) is 3. The lowest BCUT2D eigenvalue weighted by molar-refractivity contribution is 0.0951. The van der Waals surface area contributed by atoms with Crippen molar-refractivity contribution in [2.45, 2.75) is 0 Å². The first-order chi connectivity index (χ1) is 6.77. The molecule has 0 bridgehead atoms. The fourth-order valence-corrected chi connectivity index (χ4v) is 1.07. The second-order valence-electron chi connectivity index (χ2n) is 2.64. The molecule has 5 heteroatoms. The summed E-state index contributed by atoms with van der Waals surface area (Å²) in [6, 6.07) is 5.26. The molecule has 0 unspecified atom stereocenters. The monoisotopic (exact) mass is 211 g/mol. The summed E-state index contributed by atoms with van der Waals surface area (Å²) in [5, 5.41) is 5.57. The minimum absolute atomic E-state index is 0.170. The van der Waals surface area contributed by atoms with E-state index in [1.165, 1.54) is 0 Å². The van der Waals surface area contributed by atoms with Gasteiger partial charge in [-0.05, 0) is 12.1 Å². The smallest absolute Gasteiger partial charge is 0.269 e. The van der Waals surface area contributed by atoms with Crippen molar-refractivity contribution in [3.05, 3.63) is 23.9 Å². The molecule has 0 aromatic carbocycles. The molecule has 4 nitrogen and oxygen atoms in total. The molecule has 1 aromatic rings.